The molecule has 0 fully saturated rings. The standard InChI is InChI=1S/C11H17F2N3O/c1-2-17-9-4-3-6-15-11(9)16(7-5-14)8-10(12)13/h3-4,6,10H,2,5,7-8,14H2,1H3. The van der Waals surface area contributed by atoms with Gasteiger partial charge in [0, 0.05) is 19.3 Å². The Labute approximate surface area is 99.4 Å². The number of aromatic nitrogens is 1. The second-order valence-electron chi connectivity index (χ2n) is 3.38. The highest BCUT2D eigenvalue weighted by atomic mass is 19.3. The SMILES string of the molecule is CCOc1cccnc1N(CCN)CC(F)F. The largest absolute Gasteiger partial charge is 0.490 e. The molecule has 0 spiro atoms. The lowest BCUT2D eigenvalue weighted by Gasteiger charge is -2.24. The van der Waals surface area contributed by atoms with Crippen LogP contribution in [0.4, 0.5) is 14.6 Å². The maximum atomic E-state index is 12.5. The number of nitrogens with two attached hydrogens (primary N) is 1. The van der Waals surface area contributed by atoms with Crippen LogP contribution in [-0.2, 0) is 0 Å². The average molecular weight is 245 g/mol. The van der Waals surface area contributed by atoms with E-state index in [9.17, 15) is 8.78 Å². The molecule has 6 heteroatoms. The van der Waals surface area contributed by atoms with Gasteiger partial charge in [0.15, 0.2) is 11.6 Å². The van der Waals surface area contributed by atoms with Crippen molar-refractivity contribution in [1.82, 2.24) is 4.98 Å². The van der Waals surface area contributed by atoms with Crippen LogP contribution in [0.5, 0.6) is 5.75 Å². The molecule has 2 N–H and O–H groups in total. The lowest BCUT2D eigenvalue weighted by molar-refractivity contribution is 0.154. The van der Waals surface area contributed by atoms with Gasteiger partial charge in [-0.25, -0.2) is 13.8 Å². The molecular formula is C11H17F2N3O. The third kappa shape index (κ3) is 4.14. The van der Waals surface area contributed by atoms with Gasteiger partial charge in [0.1, 0.15) is 0 Å². The number of halogens is 2. The fourth-order valence-corrected chi connectivity index (χ4v) is 1.49. The second kappa shape index (κ2) is 7.01. The van der Waals surface area contributed by atoms with Crippen LogP contribution in [0, 0.1) is 0 Å². The lowest BCUT2D eigenvalue weighted by Crippen LogP contribution is -2.34. The molecule has 0 aliphatic heterocycles. The Bertz CT molecular complexity index is 336. The number of alkyl halides is 2. The number of ether oxygens (including phenoxy) is 1. The van der Waals surface area contributed by atoms with Crippen molar-refractivity contribution in [1.29, 1.82) is 0 Å². The van der Waals surface area contributed by atoms with Crippen molar-refractivity contribution in [2.75, 3.05) is 31.1 Å². The Morgan fingerprint density at radius 3 is 2.88 bits per heavy atom. The first-order valence-corrected chi connectivity index (χ1v) is 5.50. The quantitative estimate of drug-likeness (QED) is 0.791. The van der Waals surface area contributed by atoms with E-state index in [1.54, 1.807) is 18.3 Å². The van der Waals surface area contributed by atoms with E-state index in [0.717, 1.165) is 0 Å². The Kier molecular flexibility index (Phi) is 5.62. The summed E-state index contributed by atoms with van der Waals surface area (Å²) in [7, 11) is 0. The molecule has 0 radical (unpaired) electrons. The maximum Gasteiger partial charge on any atom is 0.255 e. The molecular weight excluding hydrogens is 228 g/mol. The lowest BCUT2D eigenvalue weighted by atomic mass is 10.3. The summed E-state index contributed by atoms with van der Waals surface area (Å²) in [4.78, 5) is 5.52. The van der Waals surface area contributed by atoms with E-state index in [1.807, 2.05) is 6.92 Å². The molecule has 0 amide bonds. The summed E-state index contributed by atoms with van der Waals surface area (Å²) in [5, 5.41) is 0. The van der Waals surface area contributed by atoms with Gasteiger partial charge in [-0.1, -0.05) is 0 Å². The molecule has 0 atom stereocenters. The molecule has 0 saturated heterocycles. The van der Waals surface area contributed by atoms with Gasteiger partial charge < -0.3 is 15.4 Å². The minimum Gasteiger partial charge on any atom is -0.490 e. The molecule has 1 aromatic rings. The molecule has 1 aromatic heterocycles. The van der Waals surface area contributed by atoms with Gasteiger partial charge >= 0.3 is 0 Å². The Morgan fingerprint density at radius 2 is 2.29 bits per heavy atom. The van der Waals surface area contributed by atoms with Crippen molar-refractivity contribution < 1.29 is 13.5 Å². The van der Waals surface area contributed by atoms with Gasteiger partial charge in [0.05, 0.1) is 13.2 Å². The molecule has 17 heavy (non-hydrogen) atoms. The van der Waals surface area contributed by atoms with Crippen molar-refractivity contribution in [3.05, 3.63) is 18.3 Å². The molecule has 0 saturated carbocycles. The van der Waals surface area contributed by atoms with Crippen LogP contribution in [-0.4, -0.2) is 37.7 Å². The molecule has 0 unspecified atom stereocenters. The first-order valence-electron chi connectivity index (χ1n) is 5.50. The van der Waals surface area contributed by atoms with Gasteiger partial charge in [-0.2, -0.15) is 0 Å². The van der Waals surface area contributed by atoms with Gasteiger partial charge in [-0.15, -0.1) is 0 Å². The number of rotatable bonds is 7. The van der Waals surface area contributed by atoms with Gasteiger partial charge in [-0.05, 0) is 19.1 Å². The Morgan fingerprint density at radius 1 is 1.53 bits per heavy atom. The molecule has 1 rings (SSSR count). The average Bonchev–Trinajstić information content (AvgIpc) is 2.29. The fourth-order valence-electron chi connectivity index (χ4n) is 1.49. The minimum atomic E-state index is -2.43. The van der Waals surface area contributed by atoms with Crippen LogP contribution in [0.3, 0.4) is 0 Å². The molecule has 96 valence electrons. The third-order valence-corrected chi connectivity index (χ3v) is 2.11. The molecule has 0 aromatic carbocycles. The Hall–Kier alpha value is -1.43. The Balaban J connectivity index is 2.91. The van der Waals surface area contributed by atoms with Crippen molar-refractivity contribution in [3.8, 4) is 5.75 Å². The minimum absolute atomic E-state index is 0.287. The molecule has 0 aliphatic carbocycles. The fraction of sp³-hybridized carbons (Fsp3) is 0.545. The maximum absolute atomic E-state index is 12.5. The van der Waals surface area contributed by atoms with Crippen molar-refractivity contribution in [2.45, 2.75) is 13.3 Å². The first kappa shape index (κ1) is 13.6. The highest BCUT2D eigenvalue weighted by Gasteiger charge is 2.17. The third-order valence-electron chi connectivity index (χ3n) is 2.11. The normalized spacial score (nSPS) is 10.6. The summed E-state index contributed by atoms with van der Waals surface area (Å²) in [6.45, 7) is 2.51. The van der Waals surface area contributed by atoms with Crippen molar-refractivity contribution in [3.63, 3.8) is 0 Å². The van der Waals surface area contributed by atoms with E-state index in [2.05, 4.69) is 4.98 Å². The van der Waals surface area contributed by atoms with Gasteiger partial charge in [0.2, 0.25) is 0 Å². The zero-order valence-electron chi connectivity index (χ0n) is 9.77. The first-order chi connectivity index (χ1) is 8.19. The van der Waals surface area contributed by atoms with E-state index < -0.39 is 13.0 Å². The van der Waals surface area contributed by atoms with Crippen LogP contribution in [0.25, 0.3) is 0 Å². The van der Waals surface area contributed by atoms with E-state index >= 15 is 0 Å². The van der Waals surface area contributed by atoms with Crippen molar-refractivity contribution in [2.24, 2.45) is 5.73 Å². The van der Waals surface area contributed by atoms with Crippen LogP contribution in [0.1, 0.15) is 6.92 Å². The topological polar surface area (TPSA) is 51.4 Å². The van der Waals surface area contributed by atoms with Crippen LogP contribution in [0.2, 0.25) is 0 Å². The molecule has 0 bridgehead atoms. The number of anilines is 1. The van der Waals surface area contributed by atoms with E-state index in [1.165, 1.54) is 4.90 Å². The number of hydrogen-bond donors (Lipinski definition) is 1. The van der Waals surface area contributed by atoms with E-state index in [0.29, 0.717) is 24.7 Å². The zero-order valence-corrected chi connectivity index (χ0v) is 9.77. The number of hydrogen-bond acceptors (Lipinski definition) is 4. The van der Waals surface area contributed by atoms with E-state index in [-0.39, 0.29) is 6.54 Å². The second-order valence-corrected chi connectivity index (χ2v) is 3.38. The highest BCUT2D eigenvalue weighted by molar-refractivity contribution is 5.52. The molecule has 4 nitrogen and oxygen atoms in total. The van der Waals surface area contributed by atoms with Crippen molar-refractivity contribution >= 4 is 5.82 Å². The summed E-state index contributed by atoms with van der Waals surface area (Å²) >= 11 is 0. The summed E-state index contributed by atoms with van der Waals surface area (Å²) in [6.07, 6.45) is -0.884. The van der Waals surface area contributed by atoms with Crippen LogP contribution >= 0.6 is 0 Å². The van der Waals surface area contributed by atoms with Crippen LogP contribution in [0.15, 0.2) is 18.3 Å². The van der Waals surface area contributed by atoms with Crippen LogP contribution < -0.4 is 15.4 Å². The van der Waals surface area contributed by atoms with Gasteiger partial charge in [0.25, 0.3) is 6.43 Å². The van der Waals surface area contributed by atoms with E-state index in [4.69, 9.17) is 10.5 Å². The summed E-state index contributed by atoms with van der Waals surface area (Å²) in [6, 6.07) is 3.41. The molecule has 0 aliphatic rings. The summed E-state index contributed by atoms with van der Waals surface area (Å²) < 4.78 is 30.3. The summed E-state index contributed by atoms with van der Waals surface area (Å²) in [5.41, 5.74) is 5.41. The predicted octanol–water partition coefficient (Wildman–Crippen LogP) is 1.51. The number of nitrogens with zero attached hydrogens (tertiary/aromatic N) is 2. The zero-order chi connectivity index (χ0) is 12.7. The predicted molar refractivity (Wildman–Crippen MR) is 62.7 cm³/mol. The number of pyridine rings is 1. The summed E-state index contributed by atoms with van der Waals surface area (Å²) in [5.74, 6) is 0.921. The highest BCUT2D eigenvalue weighted by Crippen LogP contribution is 2.25. The smallest absolute Gasteiger partial charge is 0.255 e. The van der Waals surface area contributed by atoms with Gasteiger partial charge in [-0.3, -0.25) is 0 Å². The monoisotopic (exact) mass is 245 g/mol. The molecule has 1 heterocycles.